The summed E-state index contributed by atoms with van der Waals surface area (Å²) in [7, 11) is 0. The molecule has 1 aromatic rings. The summed E-state index contributed by atoms with van der Waals surface area (Å²) >= 11 is 0. The third kappa shape index (κ3) is 7.34. The molecule has 2 amide bonds. The van der Waals surface area contributed by atoms with Gasteiger partial charge < -0.3 is 15.4 Å². The third-order valence-electron chi connectivity index (χ3n) is 2.64. The molecule has 0 bridgehead atoms. The molecular formula is C16H24N2O3. The van der Waals surface area contributed by atoms with E-state index in [1.807, 2.05) is 52.0 Å². The number of para-hydroxylation sites is 1. The van der Waals surface area contributed by atoms with E-state index in [1.54, 1.807) is 0 Å². The quantitative estimate of drug-likeness (QED) is 0.840. The van der Waals surface area contributed by atoms with Gasteiger partial charge in [0, 0.05) is 5.54 Å². The molecule has 0 heterocycles. The van der Waals surface area contributed by atoms with Crippen LogP contribution in [0.15, 0.2) is 24.3 Å². The lowest BCUT2D eigenvalue weighted by atomic mass is 10.1. The van der Waals surface area contributed by atoms with E-state index >= 15 is 0 Å². The van der Waals surface area contributed by atoms with Crippen molar-refractivity contribution in [1.82, 2.24) is 10.6 Å². The molecule has 0 radical (unpaired) electrons. The minimum Gasteiger partial charge on any atom is -0.493 e. The second-order valence-corrected chi connectivity index (χ2v) is 5.94. The van der Waals surface area contributed by atoms with Gasteiger partial charge >= 0.3 is 0 Å². The first kappa shape index (κ1) is 17.0. The number of carbonyl (C=O) groups excluding carboxylic acids is 2. The number of amides is 2. The monoisotopic (exact) mass is 292 g/mol. The van der Waals surface area contributed by atoms with Crippen LogP contribution in [0, 0.1) is 6.92 Å². The number of aryl methyl sites for hydroxylation is 1. The van der Waals surface area contributed by atoms with Crippen molar-refractivity contribution in [1.29, 1.82) is 0 Å². The van der Waals surface area contributed by atoms with E-state index in [9.17, 15) is 9.59 Å². The molecule has 116 valence electrons. The molecule has 0 fully saturated rings. The topological polar surface area (TPSA) is 67.4 Å². The Morgan fingerprint density at radius 2 is 1.81 bits per heavy atom. The summed E-state index contributed by atoms with van der Waals surface area (Å²) in [4.78, 5) is 23.2. The maximum atomic E-state index is 11.6. The molecule has 0 aromatic heterocycles. The second-order valence-electron chi connectivity index (χ2n) is 5.94. The summed E-state index contributed by atoms with van der Waals surface area (Å²) in [6.07, 6.45) is 0.219. The van der Waals surface area contributed by atoms with E-state index in [0.717, 1.165) is 11.3 Å². The molecule has 0 unspecified atom stereocenters. The largest absolute Gasteiger partial charge is 0.493 e. The molecule has 0 aliphatic rings. The van der Waals surface area contributed by atoms with Gasteiger partial charge in [-0.15, -0.1) is 0 Å². The Kier molecular flexibility index (Phi) is 6.21. The van der Waals surface area contributed by atoms with Crippen LogP contribution in [0.1, 0.15) is 32.8 Å². The van der Waals surface area contributed by atoms with E-state index in [1.165, 1.54) is 0 Å². The highest BCUT2D eigenvalue weighted by Gasteiger charge is 2.14. The van der Waals surface area contributed by atoms with Crippen molar-refractivity contribution in [3.8, 4) is 5.75 Å². The standard InChI is InChI=1S/C16H24N2O3/c1-12-7-5-6-8-13(12)21-10-9-14(19)17-11-15(20)18-16(2,3)4/h5-8H,9-11H2,1-4H3,(H,17,19)(H,18,20). The van der Waals surface area contributed by atoms with Crippen molar-refractivity contribution in [2.24, 2.45) is 0 Å². The summed E-state index contributed by atoms with van der Waals surface area (Å²) in [5.41, 5.74) is 0.734. The minimum absolute atomic E-state index is 0.0134. The second kappa shape index (κ2) is 7.67. The molecule has 0 saturated heterocycles. The van der Waals surface area contributed by atoms with Crippen molar-refractivity contribution in [3.63, 3.8) is 0 Å². The lowest BCUT2D eigenvalue weighted by Gasteiger charge is -2.20. The van der Waals surface area contributed by atoms with Gasteiger partial charge in [-0.1, -0.05) is 18.2 Å². The molecule has 0 spiro atoms. The maximum absolute atomic E-state index is 11.6. The van der Waals surface area contributed by atoms with Gasteiger partial charge in [0.25, 0.3) is 0 Å². The number of carbonyl (C=O) groups is 2. The molecular weight excluding hydrogens is 268 g/mol. The number of rotatable bonds is 6. The zero-order chi connectivity index (χ0) is 15.9. The molecule has 5 heteroatoms. The molecule has 1 aromatic carbocycles. The van der Waals surface area contributed by atoms with Gasteiger partial charge in [-0.3, -0.25) is 9.59 Å². The summed E-state index contributed by atoms with van der Waals surface area (Å²) in [5, 5.41) is 5.35. The maximum Gasteiger partial charge on any atom is 0.239 e. The van der Waals surface area contributed by atoms with Gasteiger partial charge in [0.1, 0.15) is 5.75 Å². The van der Waals surface area contributed by atoms with Crippen molar-refractivity contribution < 1.29 is 14.3 Å². The normalized spacial score (nSPS) is 10.9. The van der Waals surface area contributed by atoms with Crippen LogP contribution in [0.5, 0.6) is 5.75 Å². The van der Waals surface area contributed by atoms with Crippen molar-refractivity contribution >= 4 is 11.8 Å². The highest BCUT2D eigenvalue weighted by atomic mass is 16.5. The lowest BCUT2D eigenvalue weighted by Crippen LogP contribution is -2.45. The fourth-order valence-electron chi connectivity index (χ4n) is 1.70. The number of benzene rings is 1. The Bertz CT molecular complexity index is 493. The van der Waals surface area contributed by atoms with E-state index in [-0.39, 0.29) is 36.9 Å². The fraction of sp³-hybridized carbons (Fsp3) is 0.500. The van der Waals surface area contributed by atoms with Gasteiger partial charge in [0.2, 0.25) is 11.8 Å². The zero-order valence-corrected chi connectivity index (χ0v) is 13.2. The fourth-order valence-corrected chi connectivity index (χ4v) is 1.70. The lowest BCUT2D eigenvalue weighted by molar-refractivity contribution is -0.127. The summed E-state index contributed by atoms with van der Waals surface area (Å²) in [6.45, 7) is 7.90. The van der Waals surface area contributed by atoms with E-state index in [0.29, 0.717) is 0 Å². The predicted octanol–water partition coefficient (Wildman–Crippen LogP) is 1.79. The van der Waals surface area contributed by atoms with Gasteiger partial charge in [-0.2, -0.15) is 0 Å². The molecule has 0 saturated carbocycles. The van der Waals surface area contributed by atoms with Gasteiger partial charge in [-0.25, -0.2) is 0 Å². The number of ether oxygens (including phenoxy) is 1. The van der Waals surface area contributed by atoms with Crippen LogP contribution in [0.2, 0.25) is 0 Å². The Morgan fingerprint density at radius 1 is 1.14 bits per heavy atom. The van der Waals surface area contributed by atoms with Crippen LogP contribution >= 0.6 is 0 Å². The average Bonchev–Trinajstić information content (AvgIpc) is 2.37. The Hall–Kier alpha value is -2.04. The first-order valence-electron chi connectivity index (χ1n) is 7.04. The van der Waals surface area contributed by atoms with Crippen LogP contribution in [0.3, 0.4) is 0 Å². The highest BCUT2D eigenvalue weighted by Crippen LogP contribution is 2.15. The van der Waals surface area contributed by atoms with Crippen LogP contribution < -0.4 is 15.4 Å². The highest BCUT2D eigenvalue weighted by molar-refractivity contribution is 5.85. The zero-order valence-electron chi connectivity index (χ0n) is 13.2. The van der Waals surface area contributed by atoms with Crippen molar-refractivity contribution in [3.05, 3.63) is 29.8 Å². The van der Waals surface area contributed by atoms with Crippen LogP contribution in [0.4, 0.5) is 0 Å². The molecule has 0 aliphatic heterocycles. The Labute approximate surface area is 126 Å². The van der Waals surface area contributed by atoms with Crippen LogP contribution in [0.25, 0.3) is 0 Å². The van der Waals surface area contributed by atoms with Crippen molar-refractivity contribution in [2.75, 3.05) is 13.2 Å². The van der Waals surface area contributed by atoms with E-state index in [2.05, 4.69) is 10.6 Å². The first-order valence-corrected chi connectivity index (χ1v) is 7.04. The average molecular weight is 292 g/mol. The molecule has 2 N–H and O–H groups in total. The van der Waals surface area contributed by atoms with Crippen LogP contribution in [-0.4, -0.2) is 30.5 Å². The minimum atomic E-state index is -0.296. The Balaban J connectivity index is 2.23. The number of nitrogens with one attached hydrogen (secondary N) is 2. The smallest absolute Gasteiger partial charge is 0.239 e. The van der Waals surface area contributed by atoms with Gasteiger partial charge in [0.15, 0.2) is 0 Å². The van der Waals surface area contributed by atoms with E-state index < -0.39 is 0 Å². The summed E-state index contributed by atoms with van der Waals surface area (Å²) in [6, 6.07) is 7.64. The Morgan fingerprint density at radius 3 is 2.43 bits per heavy atom. The first-order chi connectivity index (χ1) is 9.78. The third-order valence-corrected chi connectivity index (χ3v) is 2.64. The number of hydrogen-bond donors (Lipinski definition) is 2. The van der Waals surface area contributed by atoms with Crippen LogP contribution in [-0.2, 0) is 9.59 Å². The molecule has 21 heavy (non-hydrogen) atoms. The van der Waals surface area contributed by atoms with Crippen molar-refractivity contribution in [2.45, 2.75) is 39.7 Å². The SMILES string of the molecule is Cc1ccccc1OCCC(=O)NCC(=O)NC(C)(C)C. The molecule has 0 aliphatic carbocycles. The predicted molar refractivity (Wildman–Crippen MR) is 82.2 cm³/mol. The number of hydrogen-bond acceptors (Lipinski definition) is 3. The molecule has 0 atom stereocenters. The van der Waals surface area contributed by atoms with Gasteiger partial charge in [0.05, 0.1) is 19.6 Å². The summed E-state index contributed by atoms with van der Waals surface area (Å²) < 4.78 is 5.53. The van der Waals surface area contributed by atoms with Gasteiger partial charge in [-0.05, 0) is 39.3 Å². The summed E-state index contributed by atoms with van der Waals surface area (Å²) in [5.74, 6) is 0.374. The molecule has 1 rings (SSSR count). The van der Waals surface area contributed by atoms with E-state index in [4.69, 9.17) is 4.74 Å². The molecule has 5 nitrogen and oxygen atoms in total.